The molecule has 1 aromatic carbocycles. The van der Waals surface area contributed by atoms with Gasteiger partial charge in [-0.2, -0.15) is 0 Å². The van der Waals surface area contributed by atoms with E-state index >= 15 is 0 Å². The zero-order valence-electron chi connectivity index (χ0n) is 13.7. The van der Waals surface area contributed by atoms with Crippen LogP contribution in [0.2, 0.25) is 0 Å². The molecule has 0 saturated carbocycles. The van der Waals surface area contributed by atoms with Crippen LogP contribution in [-0.2, 0) is 9.47 Å². The average Bonchev–Trinajstić information content (AvgIpc) is 2.43. The second kappa shape index (κ2) is 8.87. The number of ether oxygens (including phenoxy) is 3. The topological polar surface area (TPSA) is 30.9 Å². The maximum Gasteiger partial charge on any atom is 0.122 e. The zero-order chi connectivity index (χ0) is 15.9. The van der Waals surface area contributed by atoms with Gasteiger partial charge in [-0.3, -0.25) is 4.90 Å². The van der Waals surface area contributed by atoms with Gasteiger partial charge in [0.15, 0.2) is 0 Å². The van der Waals surface area contributed by atoms with Crippen LogP contribution in [0, 0.1) is 6.92 Å². The van der Waals surface area contributed by atoms with E-state index in [0.717, 1.165) is 42.0 Å². The fourth-order valence-corrected chi connectivity index (χ4v) is 3.22. The van der Waals surface area contributed by atoms with Gasteiger partial charge in [-0.05, 0) is 44.5 Å². The van der Waals surface area contributed by atoms with E-state index in [1.807, 2.05) is 19.1 Å². The standard InChI is InChI=1S/C17H26BrNO3/c1-13-10-16(18)4-5-17(13)21-9-8-20-7-6-19-11-14(2)22-15(3)12-19/h4-5,10,14-15H,6-9,11-12H2,1-3H3/t14-,15-/m0/s1. The fraction of sp³-hybridized carbons (Fsp3) is 0.647. The lowest BCUT2D eigenvalue weighted by atomic mass is 10.2. The lowest BCUT2D eigenvalue weighted by Crippen LogP contribution is -2.46. The molecule has 124 valence electrons. The first-order valence-electron chi connectivity index (χ1n) is 7.89. The number of benzene rings is 1. The van der Waals surface area contributed by atoms with Crippen molar-refractivity contribution in [1.82, 2.24) is 4.90 Å². The van der Waals surface area contributed by atoms with E-state index in [-0.39, 0.29) is 0 Å². The van der Waals surface area contributed by atoms with Crippen molar-refractivity contribution in [1.29, 1.82) is 0 Å². The van der Waals surface area contributed by atoms with Gasteiger partial charge in [-0.1, -0.05) is 15.9 Å². The molecule has 1 heterocycles. The monoisotopic (exact) mass is 371 g/mol. The minimum Gasteiger partial charge on any atom is -0.491 e. The van der Waals surface area contributed by atoms with Crippen molar-refractivity contribution in [2.75, 3.05) is 39.5 Å². The van der Waals surface area contributed by atoms with Crippen LogP contribution in [0.1, 0.15) is 19.4 Å². The molecule has 4 nitrogen and oxygen atoms in total. The first kappa shape index (κ1) is 17.7. The summed E-state index contributed by atoms with van der Waals surface area (Å²) in [5.41, 5.74) is 1.13. The highest BCUT2D eigenvalue weighted by atomic mass is 79.9. The number of hydrogen-bond acceptors (Lipinski definition) is 4. The van der Waals surface area contributed by atoms with Crippen molar-refractivity contribution >= 4 is 15.9 Å². The molecular formula is C17H26BrNO3. The quantitative estimate of drug-likeness (QED) is 0.688. The molecule has 1 aromatic rings. The summed E-state index contributed by atoms with van der Waals surface area (Å²) < 4.78 is 18.2. The minimum atomic E-state index is 0.312. The van der Waals surface area contributed by atoms with Crippen LogP contribution < -0.4 is 4.74 Å². The lowest BCUT2D eigenvalue weighted by molar-refractivity contribution is -0.0734. The third-order valence-electron chi connectivity index (χ3n) is 3.67. The summed E-state index contributed by atoms with van der Waals surface area (Å²) in [5.74, 6) is 0.919. The number of rotatable bonds is 7. The average molecular weight is 372 g/mol. The highest BCUT2D eigenvalue weighted by Gasteiger charge is 2.21. The van der Waals surface area contributed by atoms with Gasteiger partial charge in [0.05, 0.1) is 25.4 Å². The predicted octanol–water partition coefficient (Wildman–Crippen LogP) is 3.26. The molecule has 0 N–H and O–H groups in total. The molecule has 1 fully saturated rings. The first-order chi connectivity index (χ1) is 10.5. The number of nitrogens with zero attached hydrogens (tertiary/aromatic N) is 1. The molecule has 0 amide bonds. The van der Waals surface area contributed by atoms with Crippen LogP contribution in [0.4, 0.5) is 0 Å². The van der Waals surface area contributed by atoms with Crippen LogP contribution in [0.3, 0.4) is 0 Å². The second-order valence-electron chi connectivity index (χ2n) is 5.89. The van der Waals surface area contributed by atoms with E-state index in [4.69, 9.17) is 14.2 Å². The summed E-state index contributed by atoms with van der Waals surface area (Å²) in [5, 5.41) is 0. The van der Waals surface area contributed by atoms with Crippen LogP contribution >= 0.6 is 15.9 Å². The van der Waals surface area contributed by atoms with Crippen LogP contribution in [-0.4, -0.2) is 56.6 Å². The van der Waals surface area contributed by atoms with Crippen LogP contribution in [0.25, 0.3) is 0 Å². The summed E-state index contributed by atoms with van der Waals surface area (Å²) in [4.78, 5) is 2.40. The molecule has 5 heteroatoms. The van der Waals surface area contributed by atoms with Gasteiger partial charge in [-0.25, -0.2) is 0 Å². The van der Waals surface area contributed by atoms with Gasteiger partial charge >= 0.3 is 0 Å². The molecule has 2 atom stereocenters. The Morgan fingerprint density at radius 1 is 1.18 bits per heavy atom. The summed E-state index contributed by atoms with van der Waals surface area (Å²) in [6.45, 7) is 11.2. The highest BCUT2D eigenvalue weighted by molar-refractivity contribution is 9.10. The first-order valence-corrected chi connectivity index (χ1v) is 8.68. The largest absolute Gasteiger partial charge is 0.491 e. The molecule has 0 radical (unpaired) electrons. The molecular weight excluding hydrogens is 346 g/mol. The maximum absolute atomic E-state index is 5.74. The minimum absolute atomic E-state index is 0.312. The van der Waals surface area contributed by atoms with Crippen molar-refractivity contribution in [3.05, 3.63) is 28.2 Å². The number of hydrogen-bond donors (Lipinski definition) is 0. The van der Waals surface area contributed by atoms with Crippen molar-refractivity contribution in [2.45, 2.75) is 33.0 Å². The van der Waals surface area contributed by atoms with Gasteiger partial charge in [0.2, 0.25) is 0 Å². The SMILES string of the molecule is Cc1cc(Br)ccc1OCCOCCN1C[C@H](C)O[C@@H](C)C1. The molecule has 1 aliphatic rings. The lowest BCUT2D eigenvalue weighted by Gasteiger charge is -2.35. The molecule has 2 rings (SSSR count). The smallest absolute Gasteiger partial charge is 0.122 e. The molecule has 1 saturated heterocycles. The van der Waals surface area contributed by atoms with Gasteiger partial charge in [0.1, 0.15) is 12.4 Å². The summed E-state index contributed by atoms with van der Waals surface area (Å²) in [6, 6.07) is 6.02. The third-order valence-corrected chi connectivity index (χ3v) is 4.16. The Kier molecular flexibility index (Phi) is 7.15. The third kappa shape index (κ3) is 5.88. The summed E-state index contributed by atoms with van der Waals surface area (Å²) in [6.07, 6.45) is 0.625. The Balaban J connectivity index is 1.57. The molecule has 0 aliphatic carbocycles. The summed E-state index contributed by atoms with van der Waals surface area (Å²) >= 11 is 3.45. The normalized spacial score (nSPS) is 22.7. The van der Waals surface area contributed by atoms with E-state index in [9.17, 15) is 0 Å². The van der Waals surface area contributed by atoms with Crippen LogP contribution in [0.5, 0.6) is 5.75 Å². The van der Waals surface area contributed by atoms with Gasteiger partial charge in [-0.15, -0.1) is 0 Å². The predicted molar refractivity (Wildman–Crippen MR) is 91.6 cm³/mol. The molecule has 0 bridgehead atoms. The molecule has 1 aliphatic heterocycles. The van der Waals surface area contributed by atoms with Crippen molar-refractivity contribution < 1.29 is 14.2 Å². The van der Waals surface area contributed by atoms with E-state index < -0.39 is 0 Å². The molecule has 22 heavy (non-hydrogen) atoms. The molecule has 0 unspecified atom stereocenters. The Bertz CT molecular complexity index is 459. The van der Waals surface area contributed by atoms with Crippen molar-refractivity contribution in [3.63, 3.8) is 0 Å². The van der Waals surface area contributed by atoms with E-state index in [0.29, 0.717) is 25.4 Å². The van der Waals surface area contributed by atoms with E-state index in [1.165, 1.54) is 0 Å². The van der Waals surface area contributed by atoms with Gasteiger partial charge in [0.25, 0.3) is 0 Å². The fourth-order valence-electron chi connectivity index (χ4n) is 2.75. The van der Waals surface area contributed by atoms with Crippen molar-refractivity contribution in [2.24, 2.45) is 0 Å². The number of morpholine rings is 1. The number of halogens is 1. The Morgan fingerprint density at radius 3 is 2.59 bits per heavy atom. The van der Waals surface area contributed by atoms with E-state index in [1.54, 1.807) is 0 Å². The van der Waals surface area contributed by atoms with Gasteiger partial charge < -0.3 is 14.2 Å². The van der Waals surface area contributed by atoms with E-state index in [2.05, 4.69) is 40.7 Å². The highest BCUT2D eigenvalue weighted by Crippen LogP contribution is 2.21. The maximum atomic E-state index is 5.74. The Labute approximate surface area is 141 Å². The summed E-state index contributed by atoms with van der Waals surface area (Å²) in [7, 11) is 0. The molecule has 0 spiro atoms. The zero-order valence-corrected chi connectivity index (χ0v) is 15.3. The van der Waals surface area contributed by atoms with Crippen molar-refractivity contribution in [3.8, 4) is 5.75 Å². The second-order valence-corrected chi connectivity index (χ2v) is 6.80. The van der Waals surface area contributed by atoms with Gasteiger partial charge in [0, 0.05) is 24.1 Å². The molecule has 0 aromatic heterocycles. The number of aryl methyl sites for hydroxylation is 1. The Hall–Kier alpha value is -0.620. The van der Waals surface area contributed by atoms with Crippen LogP contribution in [0.15, 0.2) is 22.7 Å². The Morgan fingerprint density at radius 2 is 1.91 bits per heavy atom.